The Morgan fingerprint density at radius 3 is 1.84 bits per heavy atom. The zero-order valence-corrected chi connectivity index (χ0v) is 24.3. The van der Waals surface area contributed by atoms with Crippen LogP contribution in [0.3, 0.4) is 0 Å². The van der Waals surface area contributed by atoms with Crippen molar-refractivity contribution in [3.63, 3.8) is 0 Å². The molecule has 0 spiro atoms. The number of amides is 1. The van der Waals surface area contributed by atoms with Crippen molar-refractivity contribution in [1.29, 1.82) is 0 Å². The Labute approximate surface area is 210 Å². The summed E-state index contributed by atoms with van der Waals surface area (Å²) in [6, 6.07) is 14.4. The molecule has 0 saturated carbocycles. The SMILES string of the molecule is CC.CC.COC(=O)Nc1cc(Cc2ccccc2)c(C)cc1C.C[CH-]C(=O)OC.[CH3-].[W+2]. The standard InChI is InChI=1S/C17H19NO2.C4H7O2.2C2H6.CH3.W/c1-12-9-13(2)16(18-17(19)20-3)11-15(12)10-14-7-5-4-6-8-14;1-3-4(5)6-2;2*1-2;;/h4-9,11H,10H2,1-3H3,(H,18,19);3H,1-2H3;2*1-2H3;1H3;/q;-1;;;-1;+2. The molecule has 5 nitrogen and oxygen atoms in total. The maximum atomic E-state index is 11.4. The molecular weight excluding hydrogens is 574 g/mol. The first-order valence-electron chi connectivity index (χ1n) is 10.3. The summed E-state index contributed by atoms with van der Waals surface area (Å²) in [4.78, 5) is 21.3. The van der Waals surface area contributed by atoms with Gasteiger partial charge in [-0.25, -0.2) is 4.79 Å². The summed E-state index contributed by atoms with van der Waals surface area (Å²) in [7, 11) is 2.71. The molecule has 0 unspecified atom stereocenters. The van der Waals surface area contributed by atoms with Crippen molar-refractivity contribution < 1.29 is 40.1 Å². The van der Waals surface area contributed by atoms with E-state index in [0.717, 1.165) is 17.7 Å². The molecule has 0 aromatic heterocycles. The van der Waals surface area contributed by atoms with Crippen LogP contribution in [0.4, 0.5) is 10.5 Å². The molecule has 1 N–H and O–H groups in total. The molecule has 2 aromatic carbocycles. The van der Waals surface area contributed by atoms with Crippen LogP contribution >= 0.6 is 0 Å². The van der Waals surface area contributed by atoms with E-state index in [0.29, 0.717) is 0 Å². The Kier molecular flexibility index (Phi) is 27.1. The first kappa shape index (κ1) is 37.1. The van der Waals surface area contributed by atoms with Crippen LogP contribution < -0.4 is 5.32 Å². The smallest absolute Gasteiger partial charge is 0.491 e. The first-order valence-corrected chi connectivity index (χ1v) is 10.3. The second kappa shape index (κ2) is 23.4. The average molecular weight is 615 g/mol. The van der Waals surface area contributed by atoms with E-state index in [1.807, 2.05) is 58.9 Å². The van der Waals surface area contributed by atoms with Gasteiger partial charge in [0.05, 0.1) is 14.2 Å². The maximum Gasteiger partial charge on any atom is 2.00 e. The Bertz CT molecular complexity index is 728. The Hall–Kier alpha value is -2.26. The van der Waals surface area contributed by atoms with Gasteiger partial charge in [0, 0.05) is 5.69 Å². The van der Waals surface area contributed by atoms with Crippen LogP contribution in [-0.4, -0.2) is 26.3 Å². The number of hydrogen-bond donors (Lipinski definition) is 1. The fraction of sp³-hybridized carbons (Fsp3) is 0.385. The van der Waals surface area contributed by atoms with Gasteiger partial charge in [0.25, 0.3) is 0 Å². The first-order chi connectivity index (χ1) is 14.4. The van der Waals surface area contributed by atoms with Crippen LogP contribution in [-0.2, 0) is 41.8 Å². The van der Waals surface area contributed by atoms with Crippen LogP contribution in [0.1, 0.15) is 56.9 Å². The van der Waals surface area contributed by atoms with E-state index in [4.69, 9.17) is 0 Å². The van der Waals surface area contributed by atoms with Gasteiger partial charge in [0.2, 0.25) is 0 Å². The van der Waals surface area contributed by atoms with E-state index < -0.39 is 6.09 Å². The maximum absolute atomic E-state index is 11.4. The predicted molar refractivity (Wildman–Crippen MR) is 132 cm³/mol. The molecule has 0 radical (unpaired) electrons. The van der Waals surface area contributed by atoms with Crippen LogP contribution in [0.25, 0.3) is 0 Å². The zero-order valence-electron chi connectivity index (χ0n) is 21.4. The van der Waals surface area contributed by atoms with Gasteiger partial charge in [-0.2, -0.15) is 6.92 Å². The molecule has 2 rings (SSSR count). The Morgan fingerprint density at radius 1 is 0.906 bits per heavy atom. The summed E-state index contributed by atoms with van der Waals surface area (Å²) < 4.78 is 8.85. The van der Waals surface area contributed by atoms with Gasteiger partial charge in [-0.05, 0) is 48.6 Å². The predicted octanol–water partition coefficient (Wildman–Crippen LogP) is 6.96. The number of benzene rings is 2. The van der Waals surface area contributed by atoms with Crippen molar-refractivity contribution >= 4 is 17.7 Å². The van der Waals surface area contributed by atoms with Crippen LogP contribution in [0.15, 0.2) is 42.5 Å². The van der Waals surface area contributed by atoms with E-state index >= 15 is 0 Å². The number of anilines is 1. The Balaban J connectivity index is -0.000000281. The number of esters is 1. The summed E-state index contributed by atoms with van der Waals surface area (Å²) in [6.45, 7) is 13.7. The summed E-state index contributed by atoms with van der Waals surface area (Å²) in [5.74, 6) is -0.282. The second-order valence-electron chi connectivity index (χ2n) is 5.68. The van der Waals surface area contributed by atoms with Gasteiger partial charge in [-0.1, -0.05) is 64.1 Å². The fourth-order valence-corrected chi connectivity index (χ4v) is 2.32. The molecule has 1 amide bonds. The molecule has 6 heteroatoms. The second-order valence-corrected chi connectivity index (χ2v) is 5.68. The summed E-state index contributed by atoms with van der Waals surface area (Å²) >= 11 is 0. The van der Waals surface area contributed by atoms with Crippen LogP contribution in [0.5, 0.6) is 0 Å². The average Bonchev–Trinajstić information content (AvgIpc) is 2.80. The summed E-state index contributed by atoms with van der Waals surface area (Å²) in [5, 5.41) is 2.75. The van der Waals surface area contributed by atoms with Gasteiger partial charge in [-0.3, -0.25) is 16.5 Å². The van der Waals surface area contributed by atoms with E-state index in [9.17, 15) is 9.59 Å². The number of methoxy groups -OCH3 is 2. The third kappa shape index (κ3) is 15.5. The van der Waals surface area contributed by atoms with Gasteiger partial charge in [0.15, 0.2) is 5.97 Å². The summed E-state index contributed by atoms with van der Waals surface area (Å²) in [6.07, 6.45) is 1.77. The third-order valence-electron chi connectivity index (χ3n) is 3.78. The minimum atomic E-state index is -0.442. The van der Waals surface area contributed by atoms with Gasteiger partial charge >= 0.3 is 27.2 Å². The number of rotatable bonds is 4. The summed E-state index contributed by atoms with van der Waals surface area (Å²) in [5.41, 5.74) is 5.51. The van der Waals surface area contributed by atoms with Crippen molar-refractivity contribution in [2.75, 3.05) is 19.5 Å². The van der Waals surface area contributed by atoms with Gasteiger partial charge in [-0.15, -0.1) is 0 Å². The fourth-order valence-electron chi connectivity index (χ4n) is 2.32. The number of carbonyl (C=O) groups excluding carboxylic acids is 2. The molecule has 2 aromatic rings. The van der Waals surface area contributed by atoms with Gasteiger partial charge in [0.1, 0.15) is 0 Å². The van der Waals surface area contributed by atoms with Crippen molar-refractivity contribution in [3.8, 4) is 0 Å². The largest absolute Gasteiger partial charge is 2.00 e. The van der Waals surface area contributed by atoms with Crippen LogP contribution in [0.2, 0.25) is 0 Å². The van der Waals surface area contributed by atoms with Crippen LogP contribution in [0, 0.1) is 27.7 Å². The minimum Gasteiger partial charge on any atom is -0.491 e. The van der Waals surface area contributed by atoms with E-state index in [-0.39, 0.29) is 34.5 Å². The molecule has 0 atom stereocenters. The monoisotopic (exact) mass is 615 g/mol. The Morgan fingerprint density at radius 2 is 1.44 bits per heavy atom. The quantitative estimate of drug-likeness (QED) is 0.299. The molecule has 0 aliphatic heterocycles. The topological polar surface area (TPSA) is 64.6 Å². The van der Waals surface area contributed by atoms with Crippen molar-refractivity contribution in [3.05, 3.63) is 78.6 Å². The third-order valence-corrected chi connectivity index (χ3v) is 3.78. The molecule has 0 aliphatic carbocycles. The van der Waals surface area contributed by atoms with E-state index in [1.54, 1.807) is 6.92 Å². The normalized spacial score (nSPS) is 8.03. The molecule has 0 saturated heterocycles. The number of ether oxygens (including phenoxy) is 2. The van der Waals surface area contributed by atoms with E-state index in [1.165, 1.54) is 37.3 Å². The molecule has 32 heavy (non-hydrogen) atoms. The number of nitrogens with one attached hydrogen (secondary N) is 1. The number of carbonyl (C=O) groups is 2. The van der Waals surface area contributed by atoms with Crippen molar-refractivity contribution in [2.45, 2.75) is 54.9 Å². The molecule has 0 heterocycles. The molecule has 0 aliphatic rings. The van der Waals surface area contributed by atoms with Crippen molar-refractivity contribution in [1.82, 2.24) is 0 Å². The zero-order chi connectivity index (χ0) is 23.5. The number of aryl methyl sites for hydroxylation is 2. The number of hydrogen-bond acceptors (Lipinski definition) is 4. The van der Waals surface area contributed by atoms with Gasteiger partial charge < -0.3 is 16.9 Å². The molecular formula is C26H41NO4W. The van der Waals surface area contributed by atoms with E-state index in [2.05, 4.69) is 39.9 Å². The molecule has 0 fully saturated rings. The van der Waals surface area contributed by atoms with Crippen molar-refractivity contribution in [2.24, 2.45) is 0 Å². The molecule has 0 bridgehead atoms. The minimum absolute atomic E-state index is 0. The molecule has 180 valence electrons.